The van der Waals surface area contributed by atoms with Gasteiger partial charge in [-0.2, -0.15) is 0 Å². The second-order valence-corrected chi connectivity index (χ2v) is 15.5. The summed E-state index contributed by atoms with van der Waals surface area (Å²) in [4.78, 5) is 0. The van der Waals surface area contributed by atoms with Gasteiger partial charge in [-0.25, -0.2) is 0 Å². The highest BCUT2D eigenvalue weighted by Crippen LogP contribution is 2.56. The predicted molar refractivity (Wildman–Crippen MR) is 170 cm³/mol. The van der Waals surface area contributed by atoms with Gasteiger partial charge in [0, 0.05) is 18.2 Å². The zero-order valence-electron chi connectivity index (χ0n) is 27.4. The first-order chi connectivity index (χ1) is 19.2. The van der Waals surface area contributed by atoms with Crippen LogP contribution in [-0.4, -0.2) is 32.2 Å². The van der Waals surface area contributed by atoms with Gasteiger partial charge < -0.3 is 18.8 Å². The van der Waals surface area contributed by atoms with Gasteiger partial charge in [0.25, 0.3) is 0 Å². The summed E-state index contributed by atoms with van der Waals surface area (Å²) in [6, 6.07) is 13.4. The number of hydrogen-bond donors (Lipinski definition) is 0. The van der Waals surface area contributed by atoms with Crippen molar-refractivity contribution in [1.29, 1.82) is 0 Å². The lowest BCUT2D eigenvalue weighted by Gasteiger charge is -2.49. The van der Waals surface area contributed by atoms with E-state index in [1.54, 1.807) is 7.11 Å². The summed E-state index contributed by atoms with van der Waals surface area (Å²) < 4.78 is 25.4. The van der Waals surface area contributed by atoms with Crippen LogP contribution >= 0.6 is 0 Å². The number of benzene rings is 2. The largest absolute Gasteiger partial charge is 0.495 e. The van der Waals surface area contributed by atoms with Crippen molar-refractivity contribution in [2.75, 3.05) is 13.9 Å². The Morgan fingerprint density at radius 2 is 1.51 bits per heavy atom. The molecule has 2 aromatic carbocycles. The lowest BCUT2D eigenvalue weighted by atomic mass is 9.55. The molecule has 0 spiro atoms. The molecule has 2 bridgehead atoms. The van der Waals surface area contributed by atoms with E-state index in [-0.39, 0.29) is 17.6 Å². The van der Waals surface area contributed by atoms with E-state index in [0.717, 1.165) is 46.5 Å². The van der Waals surface area contributed by atoms with Crippen molar-refractivity contribution in [3.05, 3.63) is 47.5 Å². The Hall–Kier alpha value is -1.82. The maximum atomic E-state index is 6.66. The van der Waals surface area contributed by atoms with Gasteiger partial charge in [-0.05, 0) is 117 Å². The highest BCUT2D eigenvalue weighted by atomic mass is 16.7. The molecule has 1 aliphatic heterocycles. The van der Waals surface area contributed by atoms with E-state index in [1.165, 1.54) is 43.2 Å². The molecule has 1 heterocycles. The second-order valence-electron chi connectivity index (χ2n) is 15.5. The fraction of sp³-hybridized carbons (Fsp3) is 0.667. The summed E-state index contributed by atoms with van der Waals surface area (Å²) in [5.74, 6) is 3.37. The van der Waals surface area contributed by atoms with E-state index in [0.29, 0.717) is 0 Å². The molecule has 1 saturated heterocycles. The molecular weight excluding hydrogens is 507 g/mol. The third-order valence-electron chi connectivity index (χ3n) is 10.8. The van der Waals surface area contributed by atoms with Gasteiger partial charge in [-0.3, -0.25) is 0 Å². The minimum absolute atomic E-state index is 0.0173. The van der Waals surface area contributed by atoms with Crippen LogP contribution in [0.15, 0.2) is 36.4 Å². The van der Waals surface area contributed by atoms with Crippen molar-refractivity contribution < 1.29 is 18.8 Å². The summed E-state index contributed by atoms with van der Waals surface area (Å²) in [5, 5.41) is 0. The fourth-order valence-electron chi connectivity index (χ4n) is 7.97. The molecule has 0 N–H and O–H groups in total. The molecule has 2 aromatic rings. The van der Waals surface area contributed by atoms with Crippen LogP contribution in [-0.2, 0) is 24.9 Å². The van der Waals surface area contributed by atoms with Gasteiger partial charge in [0.1, 0.15) is 5.75 Å². The molecule has 2 unspecified atom stereocenters. The summed E-state index contributed by atoms with van der Waals surface area (Å²) in [6.07, 6.45) is 7.67. The van der Waals surface area contributed by atoms with Crippen molar-refractivity contribution in [3.63, 3.8) is 0 Å². The van der Waals surface area contributed by atoms with Crippen LogP contribution in [0.3, 0.4) is 0 Å². The molecule has 0 amide bonds. The predicted octanol–water partition coefficient (Wildman–Crippen LogP) is 8.43. The second kappa shape index (κ2) is 11.0. The molecule has 0 aromatic heterocycles. The third kappa shape index (κ3) is 5.76. The Kier molecular flexibility index (Phi) is 8.24. The van der Waals surface area contributed by atoms with E-state index >= 15 is 0 Å². The van der Waals surface area contributed by atoms with E-state index < -0.39 is 18.3 Å². The van der Waals surface area contributed by atoms with Gasteiger partial charge in [0.2, 0.25) is 0 Å². The third-order valence-corrected chi connectivity index (χ3v) is 10.8. The lowest BCUT2D eigenvalue weighted by molar-refractivity contribution is 0.00578. The molecule has 4 nitrogen and oxygen atoms in total. The fourth-order valence-corrected chi connectivity index (χ4v) is 7.97. The Morgan fingerprint density at radius 3 is 2.07 bits per heavy atom. The molecule has 5 heteroatoms. The first-order valence-electron chi connectivity index (χ1n) is 16.0. The van der Waals surface area contributed by atoms with Crippen LogP contribution in [0.5, 0.6) is 5.75 Å². The Labute approximate surface area is 250 Å². The van der Waals surface area contributed by atoms with Crippen LogP contribution in [0.2, 0.25) is 0 Å². The highest BCUT2D eigenvalue weighted by Gasteiger charge is 2.52. The standard InChI is InChI=1S/C36H53BO4/c1-11-36(21-25-16-24(2)17-26(18-25)22-36)30-20-27(33(3,4)5)19-29(32(30)39-23-38-10)28-14-12-13-15-31(28)37-40-34(6,7)35(8,9)41-37/h12-15,19-20,24-26H,11,16-18,21-23H2,1-10H3. The van der Waals surface area contributed by atoms with Gasteiger partial charge in [0.15, 0.2) is 6.79 Å². The van der Waals surface area contributed by atoms with E-state index in [4.69, 9.17) is 18.8 Å². The smallest absolute Gasteiger partial charge is 0.467 e. The Bertz CT molecular complexity index is 1210. The zero-order chi connectivity index (χ0) is 29.8. The van der Waals surface area contributed by atoms with Crippen molar-refractivity contribution >= 4 is 12.6 Å². The minimum Gasteiger partial charge on any atom is -0.467 e. The van der Waals surface area contributed by atoms with Crippen LogP contribution in [0.1, 0.15) is 112 Å². The van der Waals surface area contributed by atoms with Gasteiger partial charge in [-0.15, -0.1) is 0 Å². The average Bonchev–Trinajstić information content (AvgIpc) is 3.11. The molecule has 3 aliphatic rings. The quantitative estimate of drug-likeness (QED) is 0.252. The summed E-state index contributed by atoms with van der Waals surface area (Å²) in [7, 11) is 1.26. The molecule has 2 aliphatic carbocycles. The van der Waals surface area contributed by atoms with E-state index in [2.05, 4.69) is 98.7 Å². The monoisotopic (exact) mass is 560 g/mol. The molecular formula is C36H53BO4. The lowest BCUT2D eigenvalue weighted by Crippen LogP contribution is -2.41. The number of ether oxygens (including phenoxy) is 2. The molecule has 224 valence electrons. The minimum atomic E-state index is -0.455. The maximum Gasteiger partial charge on any atom is 0.495 e. The average molecular weight is 561 g/mol. The zero-order valence-corrected chi connectivity index (χ0v) is 27.4. The number of fused-ring (bicyclic) bond motifs is 2. The topological polar surface area (TPSA) is 36.9 Å². The maximum absolute atomic E-state index is 6.66. The van der Waals surface area contributed by atoms with Crippen LogP contribution < -0.4 is 10.2 Å². The number of hydrogen-bond acceptors (Lipinski definition) is 4. The Morgan fingerprint density at radius 1 is 0.902 bits per heavy atom. The molecule has 2 saturated carbocycles. The SMILES string of the molecule is CCC1(c2cc(C(C)(C)C)cc(-c3ccccc3B3OC(C)(C)C(C)(C)O3)c2OCOC)CC2CC(C)CC(C2)C1. The highest BCUT2D eigenvalue weighted by molar-refractivity contribution is 6.64. The number of methoxy groups -OCH3 is 1. The van der Waals surface area contributed by atoms with Crippen molar-refractivity contribution in [2.45, 2.75) is 123 Å². The summed E-state index contributed by atoms with van der Waals surface area (Å²) >= 11 is 0. The van der Waals surface area contributed by atoms with Gasteiger partial charge in [0.05, 0.1) is 11.2 Å². The molecule has 41 heavy (non-hydrogen) atoms. The first-order valence-corrected chi connectivity index (χ1v) is 16.0. The molecule has 3 fully saturated rings. The van der Waals surface area contributed by atoms with Gasteiger partial charge >= 0.3 is 7.12 Å². The van der Waals surface area contributed by atoms with Gasteiger partial charge in [-0.1, -0.05) is 65.0 Å². The molecule has 2 atom stereocenters. The van der Waals surface area contributed by atoms with Crippen LogP contribution in [0.25, 0.3) is 11.1 Å². The van der Waals surface area contributed by atoms with Crippen molar-refractivity contribution in [3.8, 4) is 16.9 Å². The number of rotatable bonds is 7. The van der Waals surface area contributed by atoms with E-state index in [9.17, 15) is 0 Å². The van der Waals surface area contributed by atoms with E-state index in [1.807, 2.05) is 0 Å². The summed E-state index contributed by atoms with van der Waals surface area (Å²) in [5.41, 5.74) is 5.23. The normalized spacial score (nSPS) is 29.0. The first kappa shape index (κ1) is 30.6. The molecule has 0 radical (unpaired) electrons. The molecule has 5 rings (SSSR count). The van der Waals surface area contributed by atoms with Crippen LogP contribution in [0.4, 0.5) is 0 Å². The van der Waals surface area contributed by atoms with Crippen molar-refractivity contribution in [2.24, 2.45) is 17.8 Å². The Balaban J connectivity index is 1.73. The van der Waals surface area contributed by atoms with Crippen LogP contribution in [0, 0.1) is 17.8 Å². The van der Waals surface area contributed by atoms with Crippen molar-refractivity contribution in [1.82, 2.24) is 0 Å². The summed E-state index contributed by atoms with van der Waals surface area (Å²) in [6.45, 7) is 20.5.